The molecule has 0 bridgehead atoms. The van der Waals surface area contributed by atoms with E-state index >= 15 is 0 Å². The molecule has 0 unspecified atom stereocenters. The van der Waals surface area contributed by atoms with E-state index in [0.29, 0.717) is 29.1 Å². The number of nitrogens with zero attached hydrogens (tertiary/aromatic N) is 3. The summed E-state index contributed by atoms with van der Waals surface area (Å²) in [6.45, 7) is 4.74. The summed E-state index contributed by atoms with van der Waals surface area (Å²) >= 11 is 2.96. The van der Waals surface area contributed by atoms with Crippen LogP contribution in [0.3, 0.4) is 0 Å². The van der Waals surface area contributed by atoms with E-state index in [4.69, 9.17) is 9.72 Å². The maximum Gasteiger partial charge on any atom is 0.338 e. The number of hydrogen-bond acceptors (Lipinski definition) is 6. The SMILES string of the molecule is CCOC(=O)c1ccc2c(c1)sc(=NC(=O)c1cc(-c3cccs3)nc3ccccc13)n2CC. The Morgan fingerprint density at radius 2 is 1.91 bits per heavy atom. The van der Waals surface area contributed by atoms with Crippen molar-refractivity contribution in [3.8, 4) is 10.6 Å². The minimum absolute atomic E-state index is 0.318. The van der Waals surface area contributed by atoms with Crippen molar-refractivity contribution in [1.29, 1.82) is 0 Å². The van der Waals surface area contributed by atoms with Crippen LogP contribution in [-0.4, -0.2) is 28.0 Å². The lowest BCUT2D eigenvalue weighted by molar-refractivity contribution is 0.0526. The maximum atomic E-state index is 13.5. The maximum absolute atomic E-state index is 13.5. The van der Waals surface area contributed by atoms with E-state index in [1.165, 1.54) is 11.3 Å². The molecule has 2 aromatic carbocycles. The fourth-order valence-electron chi connectivity index (χ4n) is 3.86. The number of aromatic nitrogens is 2. The number of para-hydroxylation sites is 1. The van der Waals surface area contributed by atoms with Gasteiger partial charge in [0.2, 0.25) is 0 Å². The standard InChI is InChI=1S/C26H21N3O3S2/c1-3-29-21-12-11-16(25(31)32-4-2)14-23(21)34-26(29)28-24(30)18-15-20(22-10-7-13-33-22)27-19-9-6-5-8-17(18)19/h5-15H,3-4H2,1-2H3. The largest absolute Gasteiger partial charge is 0.462 e. The molecule has 5 aromatic rings. The van der Waals surface area contributed by atoms with Gasteiger partial charge in [-0.3, -0.25) is 4.79 Å². The van der Waals surface area contributed by atoms with Crippen LogP contribution in [-0.2, 0) is 11.3 Å². The minimum Gasteiger partial charge on any atom is -0.462 e. The molecule has 1 amide bonds. The highest BCUT2D eigenvalue weighted by atomic mass is 32.1. The van der Waals surface area contributed by atoms with Crippen molar-refractivity contribution in [1.82, 2.24) is 9.55 Å². The molecule has 5 rings (SSSR count). The van der Waals surface area contributed by atoms with Gasteiger partial charge in [0.15, 0.2) is 4.80 Å². The zero-order valence-corrected chi connectivity index (χ0v) is 20.3. The van der Waals surface area contributed by atoms with Crippen molar-refractivity contribution in [2.75, 3.05) is 6.61 Å². The van der Waals surface area contributed by atoms with Crippen LogP contribution >= 0.6 is 22.7 Å². The minimum atomic E-state index is -0.361. The summed E-state index contributed by atoms with van der Waals surface area (Å²) in [6, 6.07) is 18.8. The normalized spacial score (nSPS) is 11.9. The van der Waals surface area contributed by atoms with Crippen LogP contribution in [0.2, 0.25) is 0 Å². The second-order valence-electron chi connectivity index (χ2n) is 7.50. The molecule has 0 aliphatic heterocycles. The predicted octanol–water partition coefficient (Wildman–Crippen LogP) is 5.92. The highest BCUT2D eigenvalue weighted by molar-refractivity contribution is 7.16. The van der Waals surface area contributed by atoms with Crippen molar-refractivity contribution < 1.29 is 14.3 Å². The number of aryl methyl sites for hydroxylation is 1. The number of esters is 1. The molecule has 0 spiro atoms. The van der Waals surface area contributed by atoms with Crippen molar-refractivity contribution in [3.63, 3.8) is 0 Å². The number of benzene rings is 2. The number of thiazole rings is 1. The van der Waals surface area contributed by atoms with Crippen LogP contribution in [0.5, 0.6) is 0 Å². The Hall–Kier alpha value is -3.62. The summed E-state index contributed by atoms with van der Waals surface area (Å²) in [4.78, 5) is 36.5. The lowest BCUT2D eigenvalue weighted by Gasteiger charge is -2.06. The van der Waals surface area contributed by atoms with Gasteiger partial charge in [-0.25, -0.2) is 9.78 Å². The van der Waals surface area contributed by atoms with Gasteiger partial charge in [0, 0.05) is 11.9 Å². The highest BCUT2D eigenvalue weighted by Crippen LogP contribution is 2.28. The summed E-state index contributed by atoms with van der Waals surface area (Å²) < 4.78 is 7.98. The fraction of sp³-hybridized carbons (Fsp3) is 0.154. The third kappa shape index (κ3) is 4.06. The van der Waals surface area contributed by atoms with Crippen LogP contribution in [0.15, 0.2) is 71.0 Å². The molecule has 0 saturated heterocycles. The predicted molar refractivity (Wildman–Crippen MR) is 136 cm³/mol. The van der Waals surface area contributed by atoms with E-state index in [-0.39, 0.29) is 11.9 Å². The summed E-state index contributed by atoms with van der Waals surface area (Å²) in [5, 5.41) is 2.76. The van der Waals surface area contributed by atoms with Gasteiger partial charge >= 0.3 is 5.97 Å². The lowest BCUT2D eigenvalue weighted by Crippen LogP contribution is -2.16. The second kappa shape index (κ2) is 9.32. The fourth-order valence-corrected chi connectivity index (χ4v) is 5.67. The Morgan fingerprint density at radius 3 is 2.68 bits per heavy atom. The Balaban J connectivity index is 1.64. The van der Waals surface area contributed by atoms with Gasteiger partial charge in [0.1, 0.15) is 0 Å². The van der Waals surface area contributed by atoms with Crippen molar-refractivity contribution in [2.45, 2.75) is 20.4 Å². The zero-order valence-electron chi connectivity index (χ0n) is 18.6. The van der Waals surface area contributed by atoms with E-state index < -0.39 is 0 Å². The van der Waals surface area contributed by atoms with Crippen LogP contribution < -0.4 is 4.80 Å². The molecule has 8 heteroatoms. The van der Waals surface area contributed by atoms with Gasteiger partial charge in [-0.2, -0.15) is 4.99 Å². The number of carbonyl (C=O) groups excluding carboxylic acids is 2. The number of fused-ring (bicyclic) bond motifs is 2. The number of carbonyl (C=O) groups is 2. The molecule has 6 nitrogen and oxygen atoms in total. The molecule has 0 saturated carbocycles. The lowest BCUT2D eigenvalue weighted by atomic mass is 10.1. The molecule has 3 aromatic heterocycles. The molecule has 0 aliphatic carbocycles. The van der Waals surface area contributed by atoms with E-state index in [9.17, 15) is 9.59 Å². The average Bonchev–Trinajstić information content (AvgIpc) is 3.51. The first-order valence-corrected chi connectivity index (χ1v) is 12.6. The zero-order chi connectivity index (χ0) is 23.7. The Morgan fingerprint density at radius 1 is 1.06 bits per heavy atom. The molecule has 3 heterocycles. The summed E-state index contributed by atoms with van der Waals surface area (Å²) in [5.41, 5.74) is 3.43. The number of hydrogen-bond donors (Lipinski definition) is 0. The number of amides is 1. The number of ether oxygens (including phenoxy) is 1. The Bertz CT molecular complexity index is 1600. The second-order valence-corrected chi connectivity index (χ2v) is 9.46. The molecule has 0 fully saturated rings. The van der Waals surface area contributed by atoms with E-state index in [0.717, 1.165) is 31.7 Å². The third-order valence-electron chi connectivity index (χ3n) is 5.43. The number of thiophene rings is 1. The molecule has 34 heavy (non-hydrogen) atoms. The van der Waals surface area contributed by atoms with Gasteiger partial charge in [-0.1, -0.05) is 35.6 Å². The summed E-state index contributed by atoms with van der Waals surface area (Å²) in [7, 11) is 0. The Kier molecular flexibility index (Phi) is 6.08. The molecule has 0 radical (unpaired) electrons. The monoisotopic (exact) mass is 487 g/mol. The van der Waals surface area contributed by atoms with E-state index in [1.807, 2.05) is 65.4 Å². The molecule has 0 N–H and O–H groups in total. The van der Waals surface area contributed by atoms with Crippen LogP contribution in [0.1, 0.15) is 34.6 Å². The van der Waals surface area contributed by atoms with Crippen molar-refractivity contribution in [2.24, 2.45) is 4.99 Å². The first-order valence-electron chi connectivity index (χ1n) is 10.9. The molecule has 170 valence electrons. The molecular weight excluding hydrogens is 466 g/mol. The number of rotatable bonds is 5. The average molecular weight is 488 g/mol. The van der Waals surface area contributed by atoms with E-state index in [2.05, 4.69) is 4.99 Å². The van der Waals surface area contributed by atoms with Crippen molar-refractivity contribution >= 4 is 55.7 Å². The van der Waals surface area contributed by atoms with E-state index in [1.54, 1.807) is 30.4 Å². The van der Waals surface area contributed by atoms with Gasteiger partial charge in [0.25, 0.3) is 5.91 Å². The van der Waals surface area contributed by atoms with Gasteiger partial charge in [-0.05, 0) is 55.6 Å². The van der Waals surface area contributed by atoms with Crippen LogP contribution in [0.4, 0.5) is 0 Å². The van der Waals surface area contributed by atoms with Gasteiger partial charge < -0.3 is 9.30 Å². The van der Waals surface area contributed by atoms with Crippen LogP contribution in [0, 0.1) is 0 Å². The van der Waals surface area contributed by atoms with Gasteiger partial charge in [0.05, 0.1) is 44.0 Å². The quantitative estimate of drug-likeness (QED) is 0.289. The topological polar surface area (TPSA) is 73.6 Å². The third-order valence-corrected chi connectivity index (χ3v) is 7.36. The Labute approximate surface area is 203 Å². The first-order chi connectivity index (χ1) is 16.6. The number of pyridine rings is 1. The summed E-state index contributed by atoms with van der Waals surface area (Å²) in [6.07, 6.45) is 0. The molecular formula is C26H21N3O3S2. The van der Waals surface area contributed by atoms with Crippen LogP contribution in [0.25, 0.3) is 31.7 Å². The first kappa shape index (κ1) is 22.2. The molecule has 0 aliphatic rings. The summed E-state index contributed by atoms with van der Waals surface area (Å²) in [5.74, 6) is -0.685. The van der Waals surface area contributed by atoms with Crippen molar-refractivity contribution in [3.05, 3.63) is 82.0 Å². The van der Waals surface area contributed by atoms with Gasteiger partial charge in [-0.15, -0.1) is 11.3 Å². The molecule has 0 atom stereocenters. The smallest absolute Gasteiger partial charge is 0.338 e. The highest BCUT2D eigenvalue weighted by Gasteiger charge is 2.16.